The van der Waals surface area contributed by atoms with Gasteiger partial charge in [0, 0.05) is 29.8 Å². The van der Waals surface area contributed by atoms with E-state index in [-0.39, 0.29) is 23.7 Å². The van der Waals surface area contributed by atoms with Crippen molar-refractivity contribution in [3.05, 3.63) is 10.4 Å². The predicted molar refractivity (Wildman–Crippen MR) is 110 cm³/mol. The van der Waals surface area contributed by atoms with Crippen LogP contribution in [-0.4, -0.2) is 51.2 Å². The highest BCUT2D eigenvalue weighted by atomic mass is 16.5. The molecule has 8 heteroatoms. The summed E-state index contributed by atoms with van der Waals surface area (Å²) in [6, 6.07) is 0. The van der Waals surface area contributed by atoms with Crippen molar-refractivity contribution in [2.24, 2.45) is 10.5 Å². The van der Waals surface area contributed by atoms with Gasteiger partial charge in [0.15, 0.2) is 5.78 Å². The Morgan fingerprint density at radius 3 is 2.18 bits per heavy atom. The van der Waals surface area contributed by atoms with Crippen LogP contribution in [0.25, 0.3) is 10.4 Å². The highest BCUT2D eigenvalue weighted by molar-refractivity contribution is 5.84. The molecule has 0 saturated heterocycles. The number of hydrogen-bond acceptors (Lipinski definition) is 5. The fourth-order valence-corrected chi connectivity index (χ4v) is 2.35. The fourth-order valence-electron chi connectivity index (χ4n) is 2.35. The summed E-state index contributed by atoms with van der Waals surface area (Å²) in [5, 5.41) is 6.35. The van der Waals surface area contributed by atoms with Gasteiger partial charge in [0.2, 0.25) is 5.91 Å². The van der Waals surface area contributed by atoms with Gasteiger partial charge in [0.25, 0.3) is 0 Å². The van der Waals surface area contributed by atoms with Crippen LogP contribution in [0, 0.1) is 5.41 Å². The third-order valence-electron chi connectivity index (χ3n) is 4.24. The van der Waals surface area contributed by atoms with Crippen LogP contribution in [0.3, 0.4) is 0 Å². The third kappa shape index (κ3) is 17.8. The van der Waals surface area contributed by atoms with E-state index in [1.54, 1.807) is 0 Å². The summed E-state index contributed by atoms with van der Waals surface area (Å²) in [6.45, 7) is 8.03. The molecule has 0 radical (unpaired) electrons. The summed E-state index contributed by atoms with van der Waals surface area (Å²) in [7, 11) is 0. The first-order valence-corrected chi connectivity index (χ1v) is 10.3. The zero-order chi connectivity index (χ0) is 21.1. The van der Waals surface area contributed by atoms with E-state index in [1.807, 2.05) is 20.8 Å². The molecule has 0 aromatic carbocycles. The lowest BCUT2D eigenvalue weighted by Crippen LogP contribution is -2.28. The van der Waals surface area contributed by atoms with Gasteiger partial charge < -0.3 is 14.8 Å². The van der Waals surface area contributed by atoms with Gasteiger partial charge >= 0.3 is 0 Å². The van der Waals surface area contributed by atoms with E-state index >= 15 is 0 Å². The summed E-state index contributed by atoms with van der Waals surface area (Å²) in [5.41, 5.74) is 7.79. The molecule has 0 rings (SSSR count). The Labute approximate surface area is 169 Å². The van der Waals surface area contributed by atoms with Gasteiger partial charge in [-0.2, -0.15) is 0 Å². The number of rotatable bonds is 18. The summed E-state index contributed by atoms with van der Waals surface area (Å²) < 4.78 is 10.7. The number of ketones is 1. The molecule has 8 nitrogen and oxygen atoms in total. The molecule has 0 aromatic heterocycles. The predicted octanol–water partition coefficient (Wildman–Crippen LogP) is 4.18. The molecule has 1 amide bonds. The standard InChI is InChI=1S/C20H38N4O4/c1-20(2,3)18(25)17-28-16-15-27-14-13-22-19(26)11-9-7-5-4-6-8-10-12-23-24-21/h4-17H2,1-3H3,(H,22,26). The zero-order valence-electron chi connectivity index (χ0n) is 17.9. The highest BCUT2D eigenvalue weighted by Gasteiger charge is 2.20. The molecule has 0 spiro atoms. The maximum absolute atomic E-state index is 11.7. The smallest absolute Gasteiger partial charge is 0.220 e. The Bertz CT molecular complexity index is 471. The second-order valence-electron chi connectivity index (χ2n) is 7.87. The maximum atomic E-state index is 11.7. The van der Waals surface area contributed by atoms with Crippen molar-refractivity contribution >= 4 is 11.7 Å². The molecular formula is C20H38N4O4. The quantitative estimate of drug-likeness (QED) is 0.161. The number of nitrogens with one attached hydrogen (secondary N) is 1. The van der Waals surface area contributed by atoms with E-state index in [1.165, 1.54) is 0 Å². The molecule has 0 aromatic rings. The Balaban J connectivity index is 3.31. The number of carbonyl (C=O) groups is 2. The Morgan fingerprint density at radius 2 is 1.54 bits per heavy atom. The van der Waals surface area contributed by atoms with Gasteiger partial charge in [-0.25, -0.2) is 0 Å². The number of amides is 1. The van der Waals surface area contributed by atoms with Crippen molar-refractivity contribution in [2.75, 3.05) is 39.5 Å². The van der Waals surface area contributed by atoms with Crippen molar-refractivity contribution in [3.8, 4) is 0 Å². The topological polar surface area (TPSA) is 113 Å². The first kappa shape index (κ1) is 26.4. The van der Waals surface area contributed by atoms with Crippen molar-refractivity contribution in [3.63, 3.8) is 0 Å². The fraction of sp³-hybridized carbons (Fsp3) is 0.900. The molecule has 0 aliphatic carbocycles. The molecule has 0 bridgehead atoms. The highest BCUT2D eigenvalue weighted by Crippen LogP contribution is 2.14. The first-order chi connectivity index (χ1) is 13.4. The Hall–Kier alpha value is -1.63. The van der Waals surface area contributed by atoms with E-state index < -0.39 is 0 Å². The molecule has 0 aliphatic rings. The summed E-state index contributed by atoms with van der Waals surface area (Å²) in [5.74, 6) is 0.134. The van der Waals surface area contributed by atoms with E-state index in [0.29, 0.717) is 39.3 Å². The number of ether oxygens (including phenoxy) is 2. The maximum Gasteiger partial charge on any atom is 0.220 e. The van der Waals surface area contributed by atoms with Crippen LogP contribution in [0.5, 0.6) is 0 Å². The van der Waals surface area contributed by atoms with Crippen LogP contribution in [0.15, 0.2) is 5.11 Å². The Kier molecular flexibility index (Phi) is 16.5. The summed E-state index contributed by atoms with van der Waals surface area (Å²) >= 11 is 0. The number of unbranched alkanes of at least 4 members (excludes halogenated alkanes) is 6. The minimum Gasteiger partial charge on any atom is -0.377 e. The number of hydrogen-bond donors (Lipinski definition) is 1. The average molecular weight is 399 g/mol. The van der Waals surface area contributed by atoms with Crippen molar-refractivity contribution in [1.82, 2.24) is 5.32 Å². The van der Waals surface area contributed by atoms with Crippen molar-refractivity contribution in [2.45, 2.75) is 72.1 Å². The SMILES string of the molecule is CC(C)(C)C(=O)COCCOCCNC(=O)CCCCCCCCCN=[N+]=[N-]. The van der Waals surface area contributed by atoms with Gasteiger partial charge in [-0.1, -0.05) is 58.0 Å². The number of nitrogens with zero attached hydrogens (tertiary/aromatic N) is 3. The van der Waals surface area contributed by atoms with Gasteiger partial charge in [-0.3, -0.25) is 9.59 Å². The molecular weight excluding hydrogens is 360 g/mol. The lowest BCUT2D eigenvalue weighted by molar-refractivity contribution is -0.131. The van der Waals surface area contributed by atoms with E-state index in [2.05, 4.69) is 15.3 Å². The van der Waals surface area contributed by atoms with E-state index in [4.69, 9.17) is 15.0 Å². The minimum absolute atomic E-state index is 0.0602. The normalized spacial score (nSPS) is 11.1. The van der Waals surface area contributed by atoms with Crippen LogP contribution in [0.2, 0.25) is 0 Å². The molecule has 0 fully saturated rings. The molecule has 1 N–H and O–H groups in total. The van der Waals surface area contributed by atoms with E-state index in [9.17, 15) is 9.59 Å². The molecule has 0 atom stereocenters. The van der Waals surface area contributed by atoms with Gasteiger partial charge in [-0.05, 0) is 18.4 Å². The van der Waals surface area contributed by atoms with Crippen LogP contribution in [0.4, 0.5) is 0 Å². The van der Waals surface area contributed by atoms with Crippen LogP contribution in [0.1, 0.15) is 72.1 Å². The number of Topliss-reactive ketones (excluding diaryl/α,β-unsaturated/α-hetero) is 1. The molecule has 28 heavy (non-hydrogen) atoms. The van der Waals surface area contributed by atoms with Crippen LogP contribution < -0.4 is 5.32 Å². The minimum atomic E-state index is -0.376. The summed E-state index contributed by atoms with van der Waals surface area (Å²) in [6.07, 6.45) is 8.01. The Morgan fingerprint density at radius 1 is 0.929 bits per heavy atom. The van der Waals surface area contributed by atoms with Crippen LogP contribution >= 0.6 is 0 Å². The molecule has 0 unspecified atom stereocenters. The van der Waals surface area contributed by atoms with Crippen molar-refractivity contribution in [1.29, 1.82) is 0 Å². The largest absolute Gasteiger partial charge is 0.377 e. The van der Waals surface area contributed by atoms with E-state index in [0.717, 1.165) is 44.9 Å². The van der Waals surface area contributed by atoms with Gasteiger partial charge in [-0.15, -0.1) is 0 Å². The summed E-state index contributed by atoms with van der Waals surface area (Å²) in [4.78, 5) is 26.1. The monoisotopic (exact) mass is 398 g/mol. The molecule has 0 heterocycles. The number of carbonyl (C=O) groups excluding carboxylic acids is 2. The lowest BCUT2D eigenvalue weighted by atomic mass is 9.91. The third-order valence-corrected chi connectivity index (χ3v) is 4.24. The average Bonchev–Trinajstić information content (AvgIpc) is 2.64. The van der Waals surface area contributed by atoms with Crippen molar-refractivity contribution < 1.29 is 19.1 Å². The second kappa shape index (κ2) is 17.5. The number of azide groups is 1. The molecule has 162 valence electrons. The zero-order valence-corrected chi connectivity index (χ0v) is 17.9. The molecule has 0 aliphatic heterocycles. The molecule has 0 saturated carbocycles. The van der Waals surface area contributed by atoms with Gasteiger partial charge in [0.05, 0.1) is 19.8 Å². The van der Waals surface area contributed by atoms with Gasteiger partial charge in [0.1, 0.15) is 6.61 Å². The van der Waals surface area contributed by atoms with Crippen LogP contribution in [-0.2, 0) is 19.1 Å². The first-order valence-electron chi connectivity index (χ1n) is 10.3. The second-order valence-corrected chi connectivity index (χ2v) is 7.87. The lowest BCUT2D eigenvalue weighted by Gasteiger charge is -2.16.